The quantitative estimate of drug-likeness (QED) is 0.805. The fourth-order valence-electron chi connectivity index (χ4n) is 1.62. The molecule has 0 spiro atoms. The first-order valence-corrected chi connectivity index (χ1v) is 6.40. The second-order valence-electron chi connectivity index (χ2n) is 4.34. The summed E-state index contributed by atoms with van der Waals surface area (Å²) in [5.41, 5.74) is 1.22. The molecule has 0 amide bonds. The van der Waals surface area contributed by atoms with Crippen molar-refractivity contribution in [1.29, 1.82) is 0 Å². The highest BCUT2D eigenvalue weighted by Crippen LogP contribution is 2.23. The van der Waals surface area contributed by atoms with E-state index in [4.69, 9.17) is 9.47 Å². The number of aryl methyl sites for hydroxylation is 1. The van der Waals surface area contributed by atoms with Gasteiger partial charge in [0.15, 0.2) is 0 Å². The van der Waals surface area contributed by atoms with Crippen molar-refractivity contribution in [2.75, 3.05) is 20.2 Å². The van der Waals surface area contributed by atoms with Crippen LogP contribution >= 0.6 is 0 Å². The van der Waals surface area contributed by atoms with Crippen molar-refractivity contribution < 1.29 is 9.47 Å². The number of ether oxygens (including phenoxy) is 2. The lowest BCUT2D eigenvalue weighted by atomic mass is 10.2. The average Bonchev–Trinajstić information content (AvgIpc) is 2.44. The molecule has 0 bridgehead atoms. The normalized spacial score (nSPS) is 10.2. The van der Waals surface area contributed by atoms with Gasteiger partial charge < -0.3 is 14.8 Å². The summed E-state index contributed by atoms with van der Waals surface area (Å²) in [4.78, 5) is 0. The molecule has 2 rings (SSSR count). The Bertz CT molecular complexity index is 491. The van der Waals surface area contributed by atoms with Crippen molar-refractivity contribution in [1.82, 2.24) is 5.32 Å². The lowest BCUT2D eigenvalue weighted by Crippen LogP contribution is -2.15. The van der Waals surface area contributed by atoms with Gasteiger partial charge in [0.05, 0.1) is 0 Å². The van der Waals surface area contributed by atoms with Crippen LogP contribution in [0.15, 0.2) is 48.5 Å². The maximum absolute atomic E-state index is 5.75. The first-order valence-electron chi connectivity index (χ1n) is 6.40. The Morgan fingerprint density at radius 1 is 0.842 bits per heavy atom. The van der Waals surface area contributed by atoms with Crippen molar-refractivity contribution in [2.24, 2.45) is 0 Å². The van der Waals surface area contributed by atoms with Gasteiger partial charge in [-0.3, -0.25) is 0 Å². The summed E-state index contributed by atoms with van der Waals surface area (Å²) in [6, 6.07) is 15.6. The lowest BCUT2D eigenvalue weighted by Gasteiger charge is -2.08. The van der Waals surface area contributed by atoms with Crippen molar-refractivity contribution >= 4 is 0 Å². The second kappa shape index (κ2) is 6.81. The molecule has 0 aliphatic carbocycles. The molecule has 2 aromatic carbocycles. The third kappa shape index (κ3) is 4.30. The van der Waals surface area contributed by atoms with Crippen LogP contribution in [-0.4, -0.2) is 20.2 Å². The van der Waals surface area contributed by atoms with Crippen LogP contribution in [0.4, 0.5) is 0 Å². The first-order chi connectivity index (χ1) is 9.28. The molecule has 19 heavy (non-hydrogen) atoms. The Kier molecular flexibility index (Phi) is 4.81. The molecule has 0 heterocycles. The van der Waals surface area contributed by atoms with E-state index in [1.807, 2.05) is 55.6 Å². The molecule has 1 N–H and O–H groups in total. The van der Waals surface area contributed by atoms with Crippen molar-refractivity contribution in [3.63, 3.8) is 0 Å². The van der Waals surface area contributed by atoms with E-state index in [9.17, 15) is 0 Å². The molecule has 0 fully saturated rings. The van der Waals surface area contributed by atoms with E-state index in [2.05, 4.69) is 12.2 Å². The molecular weight excluding hydrogens is 238 g/mol. The molecular formula is C16H19NO2. The molecule has 0 saturated heterocycles. The van der Waals surface area contributed by atoms with Gasteiger partial charge in [0.25, 0.3) is 0 Å². The van der Waals surface area contributed by atoms with Crippen LogP contribution in [0, 0.1) is 6.92 Å². The Balaban J connectivity index is 1.92. The number of nitrogens with one attached hydrogen (secondary N) is 1. The van der Waals surface area contributed by atoms with Gasteiger partial charge in [0.2, 0.25) is 0 Å². The minimum absolute atomic E-state index is 0.661. The highest BCUT2D eigenvalue weighted by Gasteiger charge is 1.98. The summed E-state index contributed by atoms with van der Waals surface area (Å²) in [6.07, 6.45) is 0. The van der Waals surface area contributed by atoms with Crippen molar-refractivity contribution in [2.45, 2.75) is 6.92 Å². The Morgan fingerprint density at radius 3 is 1.95 bits per heavy atom. The maximum Gasteiger partial charge on any atom is 0.127 e. The largest absolute Gasteiger partial charge is 0.492 e. The summed E-state index contributed by atoms with van der Waals surface area (Å²) >= 11 is 0. The standard InChI is InChI=1S/C16H19NO2/c1-13-3-5-15(6-4-13)19-16-9-7-14(8-10-16)18-12-11-17-2/h3-10,17H,11-12H2,1-2H3. The Labute approximate surface area is 114 Å². The molecule has 0 saturated carbocycles. The number of hydrogen-bond donors (Lipinski definition) is 1. The summed E-state index contributed by atoms with van der Waals surface area (Å²) in [5, 5.41) is 3.04. The smallest absolute Gasteiger partial charge is 0.127 e. The molecule has 0 aliphatic heterocycles. The van der Waals surface area contributed by atoms with E-state index in [1.165, 1.54) is 5.56 Å². The number of rotatable bonds is 6. The van der Waals surface area contributed by atoms with E-state index in [0.717, 1.165) is 23.8 Å². The van der Waals surface area contributed by atoms with E-state index in [0.29, 0.717) is 6.61 Å². The average molecular weight is 257 g/mol. The zero-order valence-electron chi connectivity index (χ0n) is 11.3. The fourth-order valence-corrected chi connectivity index (χ4v) is 1.62. The van der Waals surface area contributed by atoms with Gasteiger partial charge in [-0.15, -0.1) is 0 Å². The predicted molar refractivity (Wildman–Crippen MR) is 77.1 cm³/mol. The summed E-state index contributed by atoms with van der Waals surface area (Å²) in [5.74, 6) is 2.51. The highest BCUT2D eigenvalue weighted by atomic mass is 16.5. The Morgan fingerprint density at radius 2 is 1.37 bits per heavy atom. The number of hydrogen-bond acceptors (Lipinski definition) is 3. The van der Waals surface area contributed by atoms with Crippen molar-refractivity contribution in [3.05, 3.63) is 54.1 Å². The highest BCUT2D eigenvalue weighted by molar-refractivity contribution is 5.36. The van der Waals surface area contributed by atoms with E-state index < -0.39 is 0 Å². The number of likely N-dealkylation sites (N-methyl/N-ethyl adjacent to an activating group) is 1. The van der Waals surface area contributed by atoms with Crippen LogP contribution in [0.3, 0.4) is 0 Å². The third-order valence-electron chi connectivity index (χ3n) is 2.70. The monoisotopic (exact) mass is 257 g/mol. The zero-order valence-corrected chi connectivity index (χ0v) is 11.3. The molecule has 0 aromatic heterocycles. The van der Waals surface area contributed by atoms with Crippen LogP contribution in [0.2, 0.25) is 0 Å². The third-order valence-corrected chi connectivity index (χ3v) is 2.70. The van der Waals surface area contributed by atoms with Gasteiger partial charge in [0.1, 0.15) is 23.9 Å². The SMILES string of the molecule is CNCCOc1ccc(Oc2ccc(C)cc2)cc1. The molecule has 0 aliphatic rings. The van der Waals surface area contributed by atoms with Gasteiger partial charge in [-0.1, -0.05) is 17.7 Å². The van der Waals surface area contributed by atoms with Crippen LogP contribution in [0.1, 0.15) is 5.56 Å². The molecule has 0 radical (unpaired) electrons. The zero-order chi connectivity index (χ0) is 13.5. The summed E-state index contributed by atoms with van der Waals surface area (Å²) in [6.45, 7) is 3.55. The van der Waals surface area contributed by atoms with Gasteiger partial charge in [0, 0.05) is 6.54 Å². The lowest BCUT2D eigenvalue weighted by molar-refractivity contribution is 0.318. The van der Waals surface area contributed by atoms with Gasteiger partial charge >= 0.3 is 0 Å². The predicted octanol–water partition coefficient (Wildman–Crippen LogP) is 3.39. The topological polar surface area (TPSA) is 30.5 Å². The summed E-state index contributed by atoms with van der Waals surface area (Å²) in [7, 11) is 1.90. The van der Waals surface area contributed by atoms with Gasteiger partial charge in [-0.2, -0.15) is 0 Å². The molecule has 100 valence electrons. The van der Waals surface area contributed by atoms with Crippen LogP contribution in [0.5, 0.6) is 17.2 Å². The van der Waals surface area contributed by atoms with Crippen molar-refractivity contribution in [3.8, 4) is 17.2 Å². The van der Waals surface area contributed by atoms with Gasteiger partial charge in [-0.05, 0) is 50.4 Å². The minimum Gasteiger partial charge on any atom is -0.492 e. The number of benzene rings is 2. The van der Waals surface area contributed by atoms with Gasteiger partial charge in [-0.25, -0.2) is 0 Å². The molecule has 2 aromatic rings. The molecule has 3 nitrogen and oxygen atoms in total. The second-order valence-corrected chi connectivity index (χ2v) is 4.34. The van der Waals surface area contributed by atoms with E-state index in [1.54, 1.807) is 0 Å². The molecule has 0 unspecified atom stereocenters. The Hall–Kier alpha value is -2.00. The first kappa shape index (κ1) is 13.4. The van der Waals surface area contributed by atoms with Crippen LogP contribution < -0.4 is 14.8 Å². The fraction of sp³-hybridized carbons (Fsp3) is 0.250. The summed E-state index contributed by atoms with van der Waals surface area (Å²) < 4.78 is 11.3. The molecule has 0 atom stereocenters. The van der Waals surface area contributed by atoms with Crippen LogP contribution in [0.25, 0.3) is 0 Å². The molecule has 3 heteroatoms. The van der Waals surface area contributed by atoms with E-state index in [-0.39, 0.29) is 0 Å². The van der Waals surface area contributed by atoms with E-state index >= 15 is 0 Å². The minimum atomic E-state index is 0.661. The maximum atomic E-state index is 5.75. The van der Waals surface area contributed by atoms with Crippen LogP contribution in [-0.2, 0) is 0 Å².